The fourth-order valence-corrected chi connectivity index (χ4v) is 5.79. The molecule has 1 heterocycles. The second kappa shape index (κ2) is 7.74. The van der Waals surface area contributed by atoms with Crippen LogP contribution in [-0.4, -0.2) is 38.6 Å². The Morgan fingerprint density at radius 1 is 1.00 bits per heavy atom. The number of hydrogen-bond donors (Lipinski definition) is 1. The summed E-state index contributed by atoms with van der Waals surface area (Å²) in [5.41, 5.74) is 1.89. The molecule has 1 N–H and O–H groups in total. The normalized spacial score (nSPS) is 25.7. The van der Waals surface area contributed by atoms with E-state index in [0.717, 1.165) is 11.1 Å². The van der Waals surface area contributed by atoms with Gasteiger partial charge in [0.05, 0.1) is 16.9 Å². The van der Waals surface area contributed by atoms with Crippen molar-refractivity contribution in [1.82, 2.24) is 9.62 Å². The number of hydrogen-bond acceptors (Lipinski definition) is 3. The lowest BCUT2D eigenvalue weighted by atomic mass is 9.94. The van der Waals surface area contributed by atoms with E-state index in [2.05, 4.69) is 4.72 Å². The van der Waals surface area contributed by atoms with Crippen LogP contribution in [0, 0.1) is 5.92 Å². The van der Waals surface area contributed by atoms with Gasteiger partial charge in [-0.15, -0.1) is 0 Å². The van der Waals surface area contributed by atoms with Crippen molar-refractivity contribution in [3.05, 3.63) is 65.7 Å². The topological polar surface area (TPSA) is 49.4 Å². The van der Waals surface area contributed by atoms with Crippen LogP contribution < -0.4 is 4.72 Å². The third kappa shape index (κ3) is 4.20. The predicted octanol–water partition coefficient (Wildman–Crippen LogP) is 3.91. The second-order valence-electron chi connectivity index (χ2n) is 7.76. The molecule has 0 saturated carbocycles. The van der Waals surface area contributed by atoms with E-state index in [1.54, 1.807) is 18.2 Å². The summed E-state index contributed by atoms with van der Waals surface area (Å²) in [6, 6.07) is 14.7. The van der Waals surface area contributed by atoms with Crippen LogP contribution in [0.4, 0.5) is 13.2 Å². The van der Waals surface area contributed by atoms with Crippen molar-refractivity contribution in [1.29, 1.82) is 0 Å². The number of rotatable bonds is 4. The maximum absolute atomic E-state index is 13.3. The van der Waals surface area contributed by atoms with Crippen molar-refractivity contribution in [3.63, 3.8) is 0 Å². The lowest BCUT2D eigenvalue weighted by Crippen LogP contribution is -2.49. The minimum atomic E-state index is -4.24. The molecule has 1 aliphatic carbocycles. The van der Waals surface area contributed by atoms with Crippen LogP contribution in [-0.2, 0) is 16.4 Å². The van der Waals surface area contributed by atoms with Crippen molar-refractivity contribution in [2.75, 3.05) is 13.1 Å². The summed E-state index contributed by atoms with van der Waals surface area (Å²) in [6.45, 7) is 0.418. The molecule has 0 spiro atoms. The molecule has 1 aliphatic heterocycles. The van der Waals surface area contributed by atoms with Gasteiger partial charge in [0.15, 0.2) is 0 Å². The summed E-state index contributed by atoms with van der Waals surface area (Å²) in [5.74, 6) is -1.38. The summed E-state index contributed by atoms with van der Waals surface area (Å²) in [4.78, 5) is 1.97. The van der Waals surface area contributed by atoms with Gasteiger partial charge < -0.3 is 0 Å². The van der Waals surface area contributed by atoms with Gasteiger partial charge in [0.2, 0.25) is 10.0 Å². The van der Waals surface area contributed by atoms with E-state index < -0.39 is 34.2 Å². The SMILES string of the molecule is O=S(=O)(NC1Cc2ccccc2C1N1CCCC(C(F)(F)F)C1)c1ccccc1. The Hall–Kier alpha value is -1.90. The second-order valence-corrected chi connectivity index (χ2v) is 9.48. The van der Waals surface area contributed by atoms with Gasteiger partial charge >= 0.3 is 6.18 Å². The molecule has 3 unspecified atom stereocenters. The molecule has 156 valence electrons. The first-order chi connectivity index (χ1) is 13.8. The van der Waals surface area contributed by atoms with E-state index in [4.69, 9.17) is 0 Å². The third-order valence-corrected chi connectivity index (χ3v) is 7.37. The Morgan fingerprint density at radius 2 is 1.69 bits per heavy atom. The van der Waals surface area contributed by atoms with Crippen LogP contribution in [0.1, 0.15) is 30.0 Å². The first-order valence-corrected chi connectivity index (χ1v) is 11.2. The summed E-state index contributed by atoms with van der Waals surface area (Å²) < 4.78 is 68.6. The van der Waals surface area contributed by atoms with Crippen LogP contribution >= 0.6 is 0 Å². The van der Waals surface area contributed by atoms with Gasteiger partial charge in [0.1, 0.15) is 0 Å². The highest BCUT2D eigenvalue weighted by Gasteiger charge is 2.46. The highest BCUT2D eigenvalue weighted by Crippen LogP contribution is 2.41. The number of alkyl halides is 3. The molecule has 2 aromatic carbocycles. The fraction of sp³-hybridized carbons (Fsp3) is 0.429. The average molecular weight is 424 g/mol. The number of nitrogens with one attached hydrogen (secondary N) is 1. The monoisotopic (exact) mass is 424 g/mol. The number of benzene rings is 2. The maximum Gasteiger partial charge on any atom is 0.393 e. The molecule has 3 atom stereocenters. The van der Waals surface area contributed by atoms with Crippen molar-refractivity contribution >= 4 is 10.0 Å². The highest BCUT2D eigenvalue weighted by molar-refractivity contribution is 7.89. The molecule has 4 rings (SSSR count). The molecule has 0 radical (unpaired) electrons. The van der Waals surface area contributed by atoms with Crippen molar-refractivity contribution in [2.24, 2.45) is 5.92 Å². The van der Waals surface area contributed by atoms with Crippen LogP contribution in [0.2, 0.25) is 0 Å². The van der Waals surface area contributed by atoms with E-state index in [0.29, 0.717) is 19.4 Å². The molecule has 1 saturated heterocycles. The van der Waals surface area contributed by atoms with Gasteiger partial charge in [0, 0.05) is 12.6 Å². The van der Waals surface area contributed by atoms with Crippen molar-refractivity contribution < 1.29 is 21.6 Å². The summed E-state index contributed by atoms with van der Waals surface area (Å²) in [6.07, 6.45) is -3.22. The zero-order chi connectivity index (χ0) is 20.6. The van der Waals surface area contributed by atoms with Crippen molar-refractivity contribution in [2.45, 2.75) is 42.4 Å². The molecule has 8 heteroatoms. The molecule has 0 amide bonds. The van der Waals surface area contributed by atoms with Crippen molar-refractivity contribution in [3.8, 4) is 0 Å². The van der Waals surface area contributed by atoms with Crippen LogP contribution in [0.3, 0.4) is 0 Å². The Labute approximate surface area is 168 Å². The molecule has 1 fully saturated rings. The highest BCUT2D eigenvalue weighted by atomic mass is 32.2. The lowest BCUT2D eigenvalue weighted by molar-refractivity contribution is -0.189. The Kier molecular flexibility index (Phi) is 5.44. The van der Waals surface area contributed by atoms with Gasteiger partial charge in [-0.05, 0) is 49.1 Å². The summed E-state index contributed by atoms with van der Waals surface area (Å²) in [7, 11) is -3.77. The molecular weight excluding hydrogens is 401 g/mol. The summed E-state index contributed by atoms with van der Waals surface area (Å²) in [5, 5.41) is 0. The predicted molar refractivity (Wildman–Crippen MR) is 104 cm³/mol. The number of fused-ring (bicyclic) bond motifs is 1. The largest absolute Gasteiger partial charge is 0.393 e. The fourth-order valence-electron chi connectivity index (χ4n) is 4.52. The lowest BCUT2D eigenvalue weighted by Gasteiger charge is -2.40. The van der Waals surface area contributed by atoms with E-state index in [1.807, 2.05) is 29.2 Å². The number of sulfonamides is 1. The molecule has 0 bridgehead atoms. The maximum atomic E-state index is 13.3. The van der Waals surface area contributed by atoms with Crippen LogP contribution in [0.25, 0.3) is 0 Å². The first-order valence-electron chi connectivity index (χ1n) is 9.71. The zero-order valence-electron chi connectivity index (χ0n) is 15.8. The number of likely N-dealkylation sites (tertiary alicyclic amines) is 1. The third-order valence-electron chi connectivity index (χ3n) is 5.86. The Morgan fingerprint density at radius 3 is 2.41 bits per heavy atom. The van der Waals surface area contributed by atoms with E-state index in [1.165, 1.54) is 12.1 Å². The van der Waals surface area contributed by atoms with Gasteiger partial charge in [0.25, 0.3) is 0 Å². The van der Waals surface area contributed by atoms with Gasteiger partial charge in [-0.1, -0.05) is 42.5 Å². The van der Waals surface area contributed by atoms with Crippen LogP contribution in [0.5, 0.6) is 0 Å². The standard InChI is InChI=1S/C21H23F3N2O2S/c22-21(23,24)16-8-6-12-26(14-16)20-18-11-5-4-7-15(18)13-19(20)25-29(27,28)17-9-2-1-3-10-17/h1-5,7,9-11,16,19-20,25H,6,8,12-14H2. The molecule has 29 heavy (non-hydrogen) atoms. The minimum absolute atomic E-state index is 0.105. The number of nitrogens with zero attached hydrogens (tertiary/aromatic N) is 1. The smallest absolute Gasteiger partial charge is 0.294 e. The Balaban J connectivity index is 1.64. The van der Waals surface area contributed by atoms with Gasteiger partial charge in [-0.2, -0.15) is 13.2 Å². The number of piperidine rings is 1. The van der Waals surface area contributed by atoms with Gasteiger partial charge in [-0.3, -0.25) is 4.90 Å². The quantitative estimate of drug-likeness (QED) is 0.810. The van der Waals surface area contributed by atoms with Crippen LogP contribution in [0.15, 0.2) is 59.5 Å². The molecular formula is C21H23F3N2O2S. The minimum Gasteiger partial charge on any atom is -0.294 e. The van der Waals surface area contributed by atoms with E-state index in [9.17, 15) is 21.6 Å². The molecule has 2 aliphatic rings. The zero-order valence-corrected chi connectivity index (χ0v) is 16.6. The first kappa shape index (κ1) is 20.4. The average Bonchev–Trinajstić information content (AvgIpc) is 3.05. The molecule has 2 aromatic rings. The van der Waals surface area contributed by atoms with Gasteiger partial charge in [-0.25, -0.2) is 13.1 Å². The molecule has 0 aromatic heterocycles. The Bertz CT molecular complexity index is 963. The molecule has 4 nitrogen and oxygen atoms in total. The summed E-state index contributed by atoms with van der Waals surface area (Å²) >= 11 is 0. The van der Waals surface area contributed by atoms with E-state index in [-0.39, 0.29) is 17.9 Å². The number of halogens is 3. The van der Waals surface area contributed by atoms with E-state index >= 15 is 0 Å².